The molecule has 0 heterocycles. The van der Waals surface area contributed by atoms with Crippen LogP contribution < -0.4 is 24.8 Å². The van der Waals surface area contributed by atoms with Crippen LogP contribution in [0, 0.1) is 0 Å². The molecule has 0 amide bonds. The van der Waals surface area contributed by atoms with Crippen molar-refractivity contribution in [3.05, 3.63) is 54.1 Å². The minimum atomic E-state index is -0.0618. The van der Waals surface area contributed by atoms with Gasteiger partial charge in [-0.15, -0.1) is 0 Å². The molecule has 30 heavy (non-hydrogen) atoms. The van der Waals surface area contributed by atoms with Crippen molar-refractivity contribution in [1.29, 1.82) is 0 Å². The summed E-state index contributed by atoms with van der Waals surface area (Å²) in [5.41, 5.74) is 1.12. The first-order valence-corrected chi connectivity index (χ1v) is 10.1. The third kappa shape index (κ3) is 8.21. The number of rotatable bonds is 11. The highest BCUT2D eigenvalue weighted by Crippen LogP contribution is 2.26. The van der Waals surface area contributed by atoms with E-state index in [0.29, 0.717) is 25.7 Å². The second-order valence-corrected chi connectivity index (χ2v) is 7.19. The lowest BCUT2D eigenvalue weighted by Gasteiger charge is -2.19. The summed E-state index contributed by atoms with van der Waals surface area (Å²) in [7, 11) is 7.45. The standard InChI is InChI=1S/C23H34N4O3/c1-18(30-22-12-7-6-11-21(22)28-5)16-25-23(24-2)26-17-19-9-8-10-20(15-19)29-14-13-27(3)4/h6-12,15,18H,13-14,16-17H2,1-5H3,(H2,24,25,26). The van der Waals surface area contributed by atoms with Crippen molar-refractivity contribution in [1.82, 2.24) is 15.5 Å². The van der Waals surface area contributed by atoms with Gasteiger partial charge in [0, 0.05) is 20.1 Å². The zero-order chi connectivity index (χ0) is 21.8. The Morgan fingerprint density at radius 1 is 1.07 bits per heavy atom. The minimum absolute atomic E-state index is 0.0618. The van der Waals surface area contributed by atoms with Gasteiger partial charge in [0.15, 0.2) is 17.5 Å². The number of guanidine groups is 1. The van der Waals surface area contributed by atoms with Crippen molar-refractivity contribution in [2.75, 3.05) is 47.9 Å². The summed E-state index contributed by atoms with van der Waals surface area (Å²) in [6.07, 6.45) is -0.0618. The lowest BCUT2D eigenvalue weighted by atomic mass is 10.2. The van der Waals surface area contributed by atoms with Gasteiger partial charge in [0.05, 0.1) is 13.7 Å². The molecule has 2 rings (SSSR count). The van der Waals surface area contributed by atoms with Gasteiger partial charge in [0.2, 0.25) is 0 Å². The SMILES string of the molecule is CN=C(NCc1cccc(OCCN(C)C)c1)NCC(C)Oc1ccccc1OC. The van der Waals surface area contributed by atoms with E-state index in [1.54, 1.807) is 14.2 Å². The van der Waals surface area contributed by atoms with Gasteiger partial charge in [0.1, 0.15) is 18.5 Å². The highest BCUT2D eigenvalue weighted by molar-refractivity contribution is 5.79. The van der Waals surface area contributed by atoms with Gasteiger partial charge in [-0.2, -0.15) is 0 Å². The number of benzene rings is 2. The predicted octanol–water partition coefficient (Wildman–Crippen LogP) is 2.77. The third-order valence-corrected chi connectivity index (χ3v) is 4.34. The van der Waals surface area contributed by atoms with Crippen LogP contribution in [0.3, 0.4) is 0 Å². The van der Waals surface area contributed by atoms with E-state index in [1.165, 1.54) is 0 Å². The van der Waals surface area contributed by atoms with Crippen LogP contribution in [0.25, 0.3) is 0 Å². The van der Waals surface area contributed by atoms with E-state index >= 15 is 0 Å². The highest BCUT2D eigenvalue weighted by atomic mass is 16.5. The Morgan fingerprint density at radius 3 is 2.53 bits per heavy atom. The summed E-state index contributed by atoms with van der Waals surface area (Å²) in [5, 5.41) is 6.62. The fraction of sp³-hybridized carbons (Fsp3) is 0.435. The lowest BCUT2D eigenvalue weighted by Crippen LogP contribution is -2.41. The molecule has 1 atom stereocenters. The number of aliphatic imine (C=N–C) groups is 1. The van der Waals surface area contributed by atoms with Crippen LogP contribution in [0.5, 0.6) is 17.2 Å². The molecule has 0 spiro atoms. The first kappa shape index (κ1) is 23.3. The summed E-state index contributed by atoms with van der Waals surface area (Å²) in [4.78, 5) is 6.38. The molecule has 0 aliphatic carbocycles. The topological polar surface area (TPSA) is 67.4 Å². The first-order chi connectivity index (χ1) is 14.5. The van der Waals surface area contributed by atoms with Crippen LogP contribution in [0.2, 0.25) is 0 Å². The molecule has 7 nitrogen and oxygen atoms in total. The average molecular weight is 415 g/mol. The van der Waals surface area contributed by atoms with Crippen molar-refractivity contribution in [3.8, 4) is 17.2 Å². The Morgan fingerprint density at radius 2 is 1.83 bits per heavy atom. The summed E-state index contributed by atoms with van der Waals surface area (Å²) >= 11 is 0. The maximum atomic E-state index is 5.97. The molecule has 0 radical (unpaired) electrons. The fourth-order valence-electron chi connectivity index (χ4n) is 2.71. The molecule has 0 aliphatic heterocycles. The van der Waals surface area contributed by atoms with Gasteiger partial charge < -0.3 is 29.7 Å². The van der Waals surface area contributed by atoms with Crippen LogP contribution in [-0.2, 0) is 6.54 Å². The first-order valence-electron chi connectivity index (χ1n) is 10.1. The van der Waals surface area contributed by atoms with Crippen LogP contribution in [-0.4, -0.2) is 64.9 Å². The summed E-state index contributed by atoms with van der Waals surface area (Å²) in [5.74, 6) is 3.03. The largest absolute Gasteiger partial charge is 0.493 e. The van der Waals surface area contributed by atoms with E-state index in [9.17, 15) is 0 Å². The van der Waals surface area contributed by atoms with Crippen molar-refractivity contribution in [2.24, 2.45) is 4.99 Å². The Labute approximate surface area is 180 Å². The van der Waals surface area contributed by atoms with Crippen molar-refractivity contribution in [3.63, 3.8) is 0 Å². The maximum Gasteiger partial charge on any atom is 0.191 e. The van der Waals surface area contributed by atoms with Crippen molar-refractivity contribution in [2.45, 2.75) is 19.6 Å². The van der Waals surface area contributed by atoms with Crippen LogP contribution in [0.4, 0.5) is 0 Å². The Bertz CT molecular complexity index is 796. The normalized spacial score (nSPS) is 12.4. The summed E-state index contributed by atoms with van der Waals surface area (Å²) < 4.78 is 17.1. The number of ether oxygens (including phenoxy) is 3. The average Bonchev–Trinajstić information content (AvgIpc) is 2.74. The summed E-state index contributed by atoms with van der Waals surface area (Å²) in [6.45, 7) is 4.80. The van der Waals surface area contributed by atoms with E-state index in [2.05, 4.69) is 26.6 Å². The number of methoxy groups -OCH3 is 1. The van der Waals surface area contributed by atoms with Gasteiger partial charge in [0.25, 0.3) is 0 Å². The quantitative estimate of drug-likeness (QED) is 0.435. The van der Waals surface area contributed by atoms with Crippen LogP contribution in [0.1, 0.15) is 12.5 Å². The molecule has 2 N–H and O–H groups in total. The van der Waals surface area contributed by atoms with Crippen LogP contribution in [0.15, 0.2) is 53.5 Å². The smallest absolute Gasteiger partial charge is 0.191 e. The maximum absolute atomic E-state index is 5.97. The van der Waals surface area contributed by atoms with E-state index in [-0.39, 0.29) is 6.10 Å². The number of hydrogen-bond acceptors (Lipinski definition) is 5. The number of para-hydroxylation sites is 2. The fourth-order valence-corrected chi connectivity index (χ4v) is 2.71. The van der Waals surface area contributed by atoms with E-state index in [0.717, 1.165) is 29.4 Å². The number of nitrogens with one attached hydrogen (secondary N) is 2. The van der Waals surface area contributed by atoms with E-state index in [1.807, 2.05) is 63.5 Å². The van der Waals surface area contributed by atoms with Gasteiger partial charge >= 0.3 is 0 Å². The molecule has 1 unspecified atom stereocenters. The highest BCUT2D eigenvalue weighted by Gasteiger charge is 2.09. The lowest BCUT2D eigenvalue weighted by molar-refractivity contribution is 0.213. The van der Waals surface area contributed by atoms with E-state index in [4.69, 9.17) is 14.2 Å². The zero-order valence-corrected chi connectivity index (χ0v) is 18.6. The molecule has 0 bridgehead atoms. The Balaban J connectivity index is 1.79. The molecule has 164 valence electrons. The van der Waals surface area contributed by atoms with Gasteiger partial charge in [-0.05, 0) is 50.8 Å². The minimum Gasteiger partial charge on any atom is -0.493 e. The predicted molar refractivity (Wildman–Crippen MR) is 122 cm³/mol. The molecule has 0 aromatic heterocycles. The molecule has 0 fully saturated rings. The molecule has 2 aromatic carbocycles. The third-order valence-electron chi connectivity index (χ3n) is 4.34. The molecule has 0 aliphatic rings. The number of likely N-dealkylation sites (N-methyl/N-ethyl adjacent to an activating group) is 1. The molecule has 7 heteroatoms. The zero-order valence-electron chi connectivity index (χ0n) is 18.6. The number of nitrogens with zero attached hydrogens (tertiary/aromatic N) is 2. The second-order valence-electron chi connectivity index (χ2n) is 7.19. The number of hydrogen-bond donors (Lipinski definition) is 2. The van der Waals surface area contributed by atoms with Gasteiger partial charge in [-0.25, -0.2) is 0 Å². The Kier molecular flexibility index (Phi) is 9.80. The van der Waals surface area contributed by atoms with Gasteiger partial charge in [-0.1, -0.05) is 24.3 Å². The van der Waals surface area contributed by atoms with Crippen molar-refractivity contribution >= 4 is 5.96 Å². The Hall–Kier alpha value is -2.93. The molecule has 0 saturated heterocycles. The van der Waals surface area contributed by atoms with E-state index < -0.39 is 0 Å². The summed E-state index contributed by atoms with van der Waals surface area (Å²) in [6, 6.07) is 15.7. The van der Waals surface area contributed by atoms with Gasteiger partial charge in [-0.3, -0.25) is 4.99 Å². The molecule has 0 saturated carbocycles. The molecule has 2 aromatic rings. The van der Waals surface area contributed by atoms with Crippen molar-refractivity contribution < 1.29 is 14.2 Å². The molecular weight excluding hydrogens is 380 g/mol. The van der Waals surface area contributed by atoms with Crippen LogP contribution >= 0.6 is 0 Å². The molecular formula is C23H34N4O3. The monoisotopic (exact) mass is 414 g/mol. The second kappa shape index (κ2) is 12.6.